The van der Waals surface area contributed by atoms with Crippen molar-refractivity contribution in [1.29, 1.82) is 0 Å². The number of aromatic nitrogens is 2. The van der Waals surface area contributed by atoms with Crippen LogP contribution >= 0.6 is 11.3 Å². The molecular formula is C14H12FN3OS. The van der Waals surface area contributed by atoms with Crippen molar-refractivity contribution in [3.8, 4) is 0 Å². The fourth-order valence-electron chi connectivity index (χ4n) is 1.90. The first kappa shape index (κ1) is 12.8. The number of rotatable bonds is 3. The maximum absolute atomic E-state index is 13.1. The summed E-state index contributed by atoms with van der Waals surface area (Å²) in [7, 11) is 0. The van der Waals surface area contributed by atoms with Gasteiger partial charge in [0.05, 0.1) is 4.88 Å². The van der Waals surface area contributed by atoms with Crippen molar-refractivity contribution >= 4 is 33.1 Å². The van der Waals surface area contributed by atoms with Gasteiger partial charge in [-0.2, -0.15) is 5.10 Å². The van der Waals surface area contributed by atoms with Crippen LogP contribution in [0.4, 0.5) is 10.2 Å². The zero-order valence-electron chi connectivity index (χ0n) is 10.7. The number of benzene rings is 1. The molecule has 3 aromatic rings. The van der Waals surface area contributed by atoms with Crippen LogP contribution in [0.1, 0.15) is 22.3 Å². The number of hydrogen-bond acceptors (Lipinski definition) is 3. The molecule has 102 valence electrons. The smallest absolute Gasteiger partial charge is 0.266 e. The van der Waals surface area contributed by atoms with Crippen molar-refractivity contribution in [2.45, 2.75) is 13.3 Å². The van der Waals surface area contributed by atoms with E-state index in [-0.39, 0.29) is 11.7 Å². The van der Waals surface area contributed by atoms with Crippen LogP contribution in [0.2, 0.25) is 0 Å². The molecule has 0 saturated carbocycles. The molecule has 2 N–H and O–H groups in total. The van der Waals surface area contributed by atoms with Crippen molar-refractivity contribution in [1.82, 2.24) is 10.2 Å². The summed E-state index contributed by atoms with van der Waals surface area (Å²) < 4.78 is 13.9. The second-order valence-electron chi connectivity index (χ2n) is 4.38. The van der Waals surface area contributed by atoms with Crippen LogP contribution in [-0.4, -0.2) is 16.1 Å². The minimum Gasteiger partial charge on any atom is -0.304 e. The highest BCUT2D eigenvalue weighted by Crippen LogP contribution is 2.26. The van der Waals surface area contributed by atoms with Gasteiger partial charge in [0.15, 0.2) is 5.82 Å². The van der Waals surface area contributed by atoms with E-state index in [1.807, 2.05) is 6.92 Å². The van der Waals surface area contributed by atoms with E-state index in [1.54, 1.807) is 18.2 Å². The largest absolute Gasteiger partial charge is 0.304 e. The lowest BCUT2D eigenvalue weighted by Crippen LogP contribution is -2.10. The number of thiophene rings is 1. The van der Waals surface area contributed by atoms with Gasteiger partial charge in [-0.15, -0.1) is 11.3 Å². The quantitative estimate of drug-likeness (QED) is 0.774. The number of halogens is 1. The Morgan fingerprint density at radius 1 is 1.40 bits per heavy atom. The standard InChI is InChI=1S/C14H12FN3OS/c1-2-10-7-13(18-17-10)16-14(19)12-5-8-3-4-9(15)6-11(8)20-12/h3-7H,2H2,1H3,(H2,16,17,18,19). The van der Waals surface area contributed by atoms with E-state index in [0.717, 1.165) is 22.2 Å². The lowest BCUT2D eigenvalue weighted by molar-refractivity contribution is 0.103. The summed E-state index contributed by atoms with van der Waals surface area (Å²) in [5.41, 5.74) is 0.957. The first-order valence-electron chi connectivity index (χ1n) is 6.20. The number of fused-ring (bicyclic) bond motifs is 1. The van der Waals surface area contributed by atoms with Crippen LogP contribution in [0.3, 0.4) is 0 Å². The third-order valence-corrected chi connectivity index (χ3v) is 4.06. The molecule has 0 radical (unpaired) electrons. The number of aryl methyl sites for hydroxylation is 1. The number of aromatic amines is 1. The number of hydrogen-bond donors (Lipinski definition) is 2. The number of anilines is 1. The van der Waals surface area contributed by atoms with E-state index in [9.17, 15) is 9.18 Å². The zero-order valence-corrected chi connectivity index (χ0v) is 11.6. The molecule has 6 heteroatoms. The van der Waals surface area contributed by atoms with Gasteiger partial charge in [0.1, 0.15) is 5.82 Å². The molecule has 0 atom stereocenters. The van der Waals surface area contributed by atoms with Gasteiger partial charge < -0.3 is 5.32 Å². The molecule has 0 unspecified atom stereocenters. The Hall–Kier alpha value is -2.21. The highest BCUT2D eigenvalue weighted by molar-refractivity contribution is 7.20. The maximum atomic E-state index is 13.1. The molecule has 0 bridgehead atoms. The van der Waals surface area contributed by atoms with E-state index in [0.29, 0.717) is 10.7 Å². The summed E-state index contributed by atoms with van der Waals surface area (Å²) in [6.45, 7) is 2.00. The SMILES string of the molecule is CCc1cc(NC(=O)c2cc3ccc(F)cc3s2)n[nH]1. The first-order chi connectivity index (χ1) is 9.65. The number of carbonyl (C=O) groups excluding carboxylic acids is 1. The molecule has 2 aromatic heterocycles. The summed E-state index contributed by atoms with van der Waals surface area (Å²) in [5.74, 6) is -0.0394. The summed E-state index contributed by atoms with van der Waals surface area (Å²) in [6, 6.07) is 8.03. The monoisotopic (exact) mass is 289 g/mol. The molecule has 4 nitrogen and oxygen atoms in total. The van der Waals surface area contributed by atoms with Gasteiger partial charge in [0, 0.05) is 16.5 Å². The zero-order chi connectivity index (χ0) is 14.1. The lowest BCUT2D eigenvalue weighted by Gasteiger charge is -1.97. The second-order valence-corrected chi connectivity index (χ2v) is 5.46. The average molecular weight is 289 g/mol. The first-order valence-corrected chi connectivity index (χ1v) is 7.02. The van der Waals surface area contributed by atoms with Crippen molar-refractivity contribution in [2.24, 2.45) is 0 Å². The Kier molecular flexibility index (Phi) is 3.23. The van der Waals surface area contributed by atoms with Crippen molar-refractivity contribution < 1.29 is 9.18 Å². The molecule has 0 aliphatic heterocycles. The highest BCUT2D eigenvalue weighted by atomic mass is 32.1. The number of nitrogens with zero attached hydrogens (tertiary/aromatic N) is 1. The van der Waals surface area contributed by atoms with Gasteiger partial charge in [-0.05, 0) is 30.0 Å². The molecule has 2 heterocycles. The van der Waals surface area contributed by atoms with Crippen LogP contribution < -0.4 is 5.32 Å². The van der Waals surface area contributed by atoms with Crippen molar-refractivity contribution in [3.63, 3.8) is 0 Å². The molecule has 0 aliphatic rings. The van der Waals surface area contributed by atoms with Crippen molar-refractivity contribution in [2.75, 3.05) is 5.32 Å². The Labute approximate surface area is 118 Å². The molecule has 0 saturated heterocycles. The predicted molar refractivity (Wildman–Crippen MR) is 77.7 cm³/mol. The van der Waals surface area contributed by atoms with E-state index in [2.05, 4.69) is 15.5 Å². The summed E-state index contributed by atoms with van der Waals surface area (Å²) >= 11 is 1.26. The fourth-order valence-corrected chi connectivity index (χ4v) is 2.88. The normalized spacial score (nSPS) is 10.9. The van der Waals surface area contributed by atoms with Gasteiger partial charge in [0.25, 0.3) is 5.91 Å². The van der Waals surface area contributed by atoms with E-state index < -0.39 is 0 Å². The third-order valence-electron chi connectivity index (χ3n) is 2.96. The Bertz CT molecular complexity index is 778. The van der Waals surface area contributed by atoms with Crippen LogP contribution in [0, 0.1) is 5.82 Å². The molecular weight excluding hydrogens is 277 g/mol. The molecule has 1 aromatic carbocycles. The van der Waals surface area contributed by atoms with Crippen LogP contribution in [0.5, 0.6) is 0 Å². The van der Waals surface area contributed by atoms with Gasteiger partial charge in [0.2, 0.25) is 0 Å². The third kappa shape index (κ3) is 2.42. The molecule has 20 heavy (non-hydrogen) atoms. The lowest BCUT2D eigenvalue weighted by atomic mass is 10.2. The minimum atomic E-state index is -0.300. The Morgan fingerprint density at radius 3 is 3.00 bits per heavy atom. The van der Waals surface area contributed by atoms with E-state index >= 15 is 0 Å². The van der Waals surface area contributed by atoms with E-state index in [4.69, 9.17) is 0 Å². The van der Waals surface area contributed by atoms with Gasteiger partial charge in [-0.25, -0.2) is 4.39 Å². The van der Waals surface area contributed by atoms with Crippen LogP contribution in [0.25, 0.3) is 10.1 Å². The summed E-state index contributed by atoms with van der Waals surface area (Å²) in [5, 5.41) is 10.4. The number of H-pyrrole nitrogens is 1. The summed E-state index contributed by atoms with van der Waals surface area (Å²) in [6.07, 6.45) is 0.824. The molecule has 3 rings (SSSR count). The number of amides is 1. The average Bonchev–Trinajstić information content (AvgIpc) is 3.04. The van der Waals surface area contributed by atoms with Crippen LogP contribution in [-0.2, 0) is 6.42 Å². The van der Waals surface area contributed by atoms with E-state index in [1.165, 1.54) is 23.5 Å². The molecule has 0 aliphatic carbocycles. The van der Waals surface area contributed by atoms with Crippen LogP contribution in [0.15, 0.2) is 30.3 Å². The highest BCUT2D eigenvalue weighted by Gasteiger charge is 2.12. The number of carbonyl (C=O) groups is 1. The minimum absolute atomic E-state index is 0.235. The van der Waals surface area contributed by atoms with Gasteiger partial charge in [-0.3, -0.25) is 9.89 Å². The van der Waals surface area contributed by atoms with Gasteiger partial charge >= 0.3 is 0 Å². The second kappa shape index (κ2) is 5.05. The van der Waals surface area contributed by atoms with Crippen molar-refractivity contribution in [3.05, 3.63) is 46.7 Å². The van der Waals surface area contributed by atoms with Gasteiger partial charge in [-0.1, -0.05) is 13.0 Å². The topological polar surface area (TPSA) is 57.8 Å². The summed E-state index contributed by atoms with van der Waals surface area (Å²) in [4.78, 5) is 12.7. The Morgan fingerprint density at radius 2 is 2.25 bits per heavy atom. The molecule has 0 spiro atoms. The predicted octanol–water partition coefficient (Wildman–Crippen LogP) is 3.58. The maximum Gasteiger partial charge on any atom is 0.266 e. The Balaban J connectivity index is 1.84. The molecule has 1 amide bonds. The molecule has 0 fully saturated rings. The number of nitrogens with one attached hydrogen (secondary N) is 2. The fraction of sp³-hybridized carbons (Fsp3) is 0.143.